The van der Waals surface area contributed by atoms with E-state index in [2.05, 4.69) is 48.3 Å². The van der Waals surface area contributed by atoms with Crippen molar-refractivity contribution < 1.29 is 0 Å². The van der Waals surface area contributed by atoms with Crippen LogP contribution in [0.25, 0.3) is 0 Å². The van der Waals surface area contributed by atoms with Gasteiger partial charge in [0.2, 0.25) is 0 Å². The van der Waals surface area contributed by atoms with Gasteiger partial charge in [0.05, 0.1) is 0 Å². The van der Waals surface area contributed by atoms with Gasteiger partial charge in [-0.15, -0.1) is 0 Å². The first-order chi connectivity index (χ1) is 9.72. The highest BCUT2D eigenvalue weighted by Gasteiger charge is 2.29. The van der Waals surface area contributed by atoms with Crippen LogP contribution in [0.2, 0.25) is 0 Å². The molecule has 110 valence electrons. The van der Waals surface area contributed by atoms with E-state index in [0.29, 0.717) is 0 Å². The maximum absolute atomic E-state index is 3.66. The van der Waals surface area contributed by atoms with Crippen molar-refractivity contribution in [3.05, 3.63) is 35.4 Å². The Kier molecular flexibility index (Phi) is 4.42. The van der Waals surface area contributed by atoms with Crippen molar-refractivity contribution in [3.8, 4) is 0 Å². The highest BCUT2D eigenvalue weighted by atomic mass is 15.2. The normalized spacial score (nSPS) is 22.9. The molecule has 3 rings (SSSR count). The van der Waals surface area contributed by atoms with Crippen LogP contribution < -0.4 is 5.32 Å². The molecule has 1 saturated heterocycles. The summed E-state index contributed by atoms with van der Waals surface area (Å²) in [7, 11) is 0. The van der Waals surface area contributed by atoms with Gasteiger partial charge in [-0.1, -0.05) is 38.1 Å². The smallest absolute Gasteiger partial charge is 0.0195 e. The minimum atomic E-state index is 0.720. The largest absolute Gasteiger partial charge is 0.313 e. The monoisotopic (exact) mass is 272 g/mol. The Morgan fingerprint density at radius 2 is 1.90 bits per heavy atom. The van der Waals surface area contributed by atoms with E-state index in [1.54, 1.807) is 11.1 Å². The molecule has 1 aromatic rings. The van der Waals surface area contributed by atoms with Crippen molar-refractivity contribution in [2.24, 2.45) is 5.92 Å². The predicted molar refractivity (Wildman–Crippen MR) is 85.1 cm³/mol. The summed E-state index contributed by atoms with van der Waals surface area (Å²) in [5, 5.41) is 3.66. The summed E-state index contributed by atoms with van der Waals surface area (Å²) in [6.45, 7) is 8.37. The zero-order valence-corrected chi connectivity index (χ0v) is 12.9. The molecule has 2 heteroatoms. The first-order valence-electron chi connectivity index (χ1n) is 8.26. The van der Waals surface area contributed by atoms with Crippen LogP contribution in [-0.4, -0.2) is 36.6 Å². The summed E-state index contributed by atoms with van der Waals surface area (Å²) in [4.78, 5) is 2.76. The van der Waals surface area contributed by atoms with Crippen molar-refractivity contribution in [1.29, 1.82) is 0 Å². The van der Waals surface area contributed by atoms with E-state index in [-0.39, 0.29) is 0 Å². The molecule has 0 aromatic heterocycles. The lowest BCUT2D eigenvalue weighted by Gasteiger charge is -2.32. The number of nitrogens with one attached hydrogen (secondary N) is 1. The maximum Gasteiger partial charge on any atom is 0.0195 e. The number of hydrogen-bond acceptors (Lipinski definition) is 2. The van der Waals surface area contributed by atoms with Crippen LogP contribution in [0.3, 0.4) is 0 Å². The molecule has 1 N–H and O–H groups in total. The molecule has 1 aliphatic heterocycles. The van der Waals surface area contributed by atoms with Gasteiger partial charge in [0.15, 0.2) is 0 Å². The molecule has 1 fully saturated rings. The molecule has 1 atom stereocenters. The van der Waals surface area contributed by atoms with Gasteiger partial charge in [-0.3, -0.25) is 4.90 Å². The molecule has 1 aromatic carbocycles. The van der Waals surface area contributed by atoms with Crippen molar-refractivity contribution in [2.75, 3.05) is 19.6 Å². The Balaban J connectivity index is 1.67. The predicted octanol–water partition coefficient (Wildman–Crippen LogP) is 2.86. The van der Waals surface area contributed by atoms with E-state index < -0.39 is 0 Å². The quantitative estimate of drug-likeness (QED) is 0.886. The van der Waals surface area contributed by atoms with E-state index >= 15 is 0 Å². The second-order valence-corrected chi connectivity index (χ2v) is 6.97. The van der Waals surface area contributed by atoms with Crippen molar-refractivity contribution in [3.63, 3.8) is 0 Å². The lowest BCUT2D eigenvalue weighted by Crippen LogP contribution is -2.45. The minimum absolute atomic E-state index is 0.720. The van der Waals surface area contributed by atoms with E-state index in [1.165, 1.54) is 45.3 Å². The van der Waals surface area contributed by atoms with Gasteiger partial charge in [0, 0.05) is 25.2 Å². The van der Waals surface area contributed by atoms with Gasteiger partial charge >= 0.3 is 0 Å². The van der Waals surface area contributed by atoms with E-state index in [9.17, 15) is 0 Å². The Labute approximate surface area is 123 Å². The Hall–Kier alpha value is -0.860. The van der Waals surface area contributed by atoms with Crippen molar-refractivity contribution >= 4 is 0 Å². The van der Waals surface area contributed by atoms with Crippen molar-refractivity contribution in [2.45, 2.75) is 51.6 Å². The molecular formula is C18H28N2. The Bertz CT molecular complexity index is 410. The van der Waals surface area contributed by atoms with Gasteiger partial charge in [-0.25, -0.2) is 0 Å². The lowest BCUT2D eigenvalue weighted by atomic mass is 10.1. The second-order valence-electron chi connectivity index (χ2n) is 6.97. The van der Waals surface area contributed by atoms with Crippen LogP contribution in [0.1, 0.15) is 37.8 Å². The molecular weight excluding hydrogens is 244 g/mol. The van der Waals surface area contributed by atoms with Gasteiger partial charge < -0.3 is 5.32 Å². The Morgan fingerprint density at radius 1 is 1.20 bits per heavy atom. The number of fused-ring (bicyclic) bond motifs is 1. The maximum atomic E-state index is 3.66. The fraction of sp³-hybridized carbons (Fsp3) is 0.667. The van der Waals surface area contributed by atoms with Crippen molar-refractivity contribution in [1.82, 2.24) is 10.2 Å². The summed E-state index contributed by atoms with van der Waals surface area (Å²) in [6, 6.07) is 10.4. The number of hydrogen-bond donors (Lipinski definition) is 1. The molecule has 0 saturated carbocycles. The van der Waals surface area contributed by atoms with Crippen LogP contribution in [-0.2, 0) is 12.8 Å². The lowest BCUT2D eigenvalue weighted by molar-refractivity contribution is 0.165. The third-order valence-corrected chi connectivity index (χ3v) is 4.76. The first-order valence-corrected chi connectivity index (χ1v) is 8.26. The summed E-state index contributed by atoms with van der Waals surface area (Å²) >= 11 is 0. The topological polar surface area (TPSA) is 15.3 Å². The standard InChI is InChI=1S/C18H28N2/c1-14(2)12-20(13-17-8-5-9-19-17)18-10-15-6-3-4-7-16(15)11-18/h3-4,6-7,14,17-19H,5,8-13H2,1-2H3. The molecule has 0 spiro atoms. The first kappa shape index (κ1) is 14.1. The molecule has 20 heavy (non-hydrogen) atoms. The highest BCUT2D eigenvalue weighted by Crippen LogP contribution is 2.26. The van der Waals surface area contributed by atoms with E-state index in [0.717, 1.165) is 18.0 Å². The van der Waals surface area contributed by atoms with Gasteiger partial charge in [0.1, 0.15) is 0 Å². The summed E-state index contributed by atoms with van der Waals surface area (Å²) in [5.74, 6) is 0.750. The average Bonchev–Trinajstić information content (AvgIpc) is 3.05. The van der Waals surface area contributed by atoms with Crippen LogP contribution in [0, 0.1) is 5.92 Å². The molecule has 0 bridgehead atoms. The fourth-order valence-corrected chi connectivity index (χ4v) is 3.83. The molecule has 1 unspecified atom stereocenters. The molecule has 2 aliphatic rings. The summed E-state index contributed by atoms with van der Waals surface area (Å²) in [5.41, 5.74) is 3.15. The Morgan fingerprint density at radius 3 is 2.45 bits per heavy atom. The van der Waals surface area contributed by atoms with Crippen LogP contribution in [0.15, 0.2) is 24.3 Å². The van der Waals surface area contributed by atoms with Crippen LogP contribution in [0.5, 0.6) is 0 Å². The van der Waals surface area contributed by atoms with Crippen LogP contribution in [0.4, 0.5) is 0 Å². The van der Waals surface area contributed by atoms with Gasteiger partial charge in [0.25, 0.3) is 0 Å². The van der Waals surface area contributed by atoms with E-state index in [4.69, 9.17) is 0 Å². The van der Waals surface area contributed by atoms with Gasteiger partial charge in [-0.2, -0.15) is 0 Å². The average molecular weight is 272 g/mol. The third kappa shape index (κ3) is 3.24. The number of benzene rings is 1. The molecule has 0 amide bonds. The molecule has 2 nitrogen and oxygen atoms in total. The molecule has 0 radical (unpaired) electrons. The van der Waals surface area contributed by atoms with Crippen LogP contribution >= 0.6 is 0 Å². The van der Waals surface area contributed by atoms with Gasteiger partial charge in [-0.05, 0) is 49.3 Å². The molecule has 1 heterocycles. The SMILES string of the molecule is CC(C)CN(CC1CCCN1)C1Cc2ccccc2C1. The second kappa shape index (κ2) is 6.28. The fourth-order valence-electron chi connectivity index (χ4n) is 3.83. The number of nitrogens with zero attached hydrogens (tertiary/aromatic N) is 1. The zero-order valence-electron chi connectivity index (χ0n) is 12.9. The minimum Gasteiger partial charge on any atom is -0.313 e. The third-order valence-electron chi connectivity index (χ3n) is 4.76. The number of rotatable bonds is 5. The summed E-state index contributed by atoms with van der Waals surface area (Å²) in [6.07, 6.45) is 5.20. The molecule has 1 aliphatic carbocycles. The highest BCUT2D eigenvalue weighted by molar-refractivity contribution is 5.33. The summed E-state index contributed by atoms with van der Waals surface area (Å²) < 4.78 is 0. The zero-order chi connectivity index (χ0) is 13.9. The van der Waals surface area contributed by atoms with E-state index in [1.807, 2.05) is 0 Å².